The maximum Gasteiger partial charge on any atom is 0.420 e. The first-order valence-corrected chi connectivity index (χ1v) is 13.3. The Morgan fingerprint density at radius 2 is 1.86 bits per heavy atom. The van der Waals surface area contributed by atoms with Gasteiger partial charge in [-0.25, -0.2) is 28.4 Å². The van der Waals surface area contributed by atoms with E-state index in [1.807, 2.05) is 0 Å². The van der Waals surface area contributed by atoms with Crippen LogP contribution in [0, 0.1) is 0 Å². The van der Waals surface area contributed by atoms with E-state index in [9.17, 15) is 26.7 Å². The molecule has 0 aliphatic carbocycles. The summed E-state index contributed by atoms with van der Waals surface area (Å²) in [5, 5.41) is 13.1. The number of nitrogens with one attached hydrogen (secondary N) is 1. The Balaban J connectivity index is 1.50. The van der Waals surface area contributed by atoms with Crippen LogP contribution in [0.1, 0.15) is 37.1 Å². The lowest BCUT2D eigenvalue weighted by molar-refractivity contribution is -0.137. The van der Waals surface area contributed by atoms with Crippen LogP contribution in [-0.2, 0) is 29.7 Å². The predicted molar refractivity (Wildman–Crippen MR) is 127 cm³/mol. The molecule has 3 aromatic heterocycles. The van der Waals surface area contributed by atoms with Crippen LogP contribution in [0.15, 0.2) is 29.9 Å². The van der Waals surface area contributed by atoms with Gasteiger partial charge in [0.2, 0.25) is 5.95 Å². The number of piperidine rings is 1. The van der Waals surface area contributed by atoms with Crippen molar-refractivity contribution in [3.05, 3.63) is 35.4 Å². The summed E-state index contributed by atoms with van der Waals surface area (Å²) in [5.41, 5.74) is -2.39. The molecule has 1 aliphatic rings. The summed E-state index contributed by atoms with van der Waals surface area (Å²) in [6.07, 6.45) is 1.40. The van der Waals surface area contributed by atoms with E-state index in [1.165, 1.54) is 23.0 Å². The van der Waals surface area contributed by atoms with Crippen LogP contribution >= 0.6 is 11.3 Å². The smallest absolute Gasteiger partial charge is 0.390 e. The van der Waals surface area contributed by atoms with Gasteiger partial charge in [0.25, 0.3) is 10.0 Å². The van der Waals surface area contributed by atoms with Crippen molar-refractivity contribution in [3.8, 4) is 10.7 Å². The number of rotatable bonds is 7. The largest absolute Gasteiger partial charge is 0.420 e. The number of thiazole rings is 1. The van der Waals surface area contributed by atoms with E-state index in [2.05, 4.69) is 25.3 Å². The fourth-order valence-electron chi connectivity index (χ4n) is 3.82. The summed E-state index contributed by atoms with van der Waals surface area (Å²) >= 11 is 1.03. The van der Waals surface area contributed by atoms with E-state index in [0.29, 0.717) is 17.7 Å². The molecule has 0 aromatic carbocycles. The highest BCUT2D eigenvalue weighted by Gasteiger charge is 2.37. The second kappa shape index (κ2) is 9.68. The Labute approximate surface area is 210 Å². The third-order valence-electron chi connectivity index (χ3n) is 5.53. The molecule has 0 unspecified atom stereocenters. The number of nitrogens with zero attached hydrogens (tertiary/aromatic N) is 6. The SMILES string of the molecule is Cn1cnc(S(=O)(=O)N2CCC(Nc3ncc(C(F)(F)F)c(-c4ncc(CC(C)(C)O)s4)n3)CC2)c1. The Hall–Kier alpha value is -2.62. The first-order chi connectivity index (χ1) is 16.7. The third kappa shape index (κ3) is 6.02. The fraction of sp³-hybridized carbons (Fsp3) is 0.524. The van der Waals surface area contributed by atoms with Crippen molar-refractivity contribution in [1.82, 2.24) is 28.8 Å². The van der Waals surface area contributed by atoms with E-state index in [-0.39, 0.29) is 47.2 Å². The van der Waals surface area contributed by atoms with Crippen LogP contribution in [-0.4, -0.2) is 67.1 Å². The monoisotopic (exact) mass is 545 g/mol. The van der Waals surface area contributed by atoms with Gasteiger partial charge in [0.1, 0.15) is 16.3 Å². The van der Waals surface area contributed by atoms with Crippen LogP contribution in [0.25, 0.3) is 10.7 Å². The molecule has 1 fully saturated rings. The molecular weight excluding hydrogens is 519 g/mol. The zero-order chi connectivity index (χ0) is 26.3. The highest BCUT2D eigenvalue weighted by atomic mass is 32.2. The van der Waals surface area contributed by atoms with Crippen LogP contribution < -0.4 is 5.32 Å². The number of aryl methyl sites for hydroxylation is 1. The topological polar surface area (TPSA) is 126 Å². The van der Waals surface area contributed by atoms with Crippen LogP contribution in [0.3, 0.4) is 0 Å². The van der Waals surface area contributed by atoms with Crippen molar-refractivity contribution in [1.29, 1.82) is 0 Å². The Bertz CT molecular complexity index is 1320. The maximum atomic E-state index is 13.7. The summed E-state index contributed by atoms with van der Waals surface area (Å²) in [6.45, 7) is 3.65. The van der Waals surface area contributed by atoms with Crippen LogP contribution in [0.4, 0.5) is 19.1 Å². The molecular formula is C21H26F3N7O3S2. The number of hydrogen-bond donors (Lipinski definition) is 2. The molecule has 15 heteroatoms. The molecule has 0 bridgehead atoms. The average Bonchev–Trinajstić information content (AvgIpc) is 3.41. The molecule has 1 aliphatic heterocycles. The lowest BCUT2D eigenvalue weighted by atomic mass is 10.1. The summed E-state index contributed by atoms with van der Waals surface area (Å²) in [4.78, 5) is 16.6. The number of sulfonamides is 1. The van der Waals surface area contributed by atoms with Gasteiger partial charge in [0.15, 0.2) is 5.03 Å². The van der Waals surface area contributed by atoms with Crippen molar-refractivity contribution >= 4 is 27.3 Å². The Morgan fingerprint density at radius 3 is 2.44 bits per heavy atom. The first kappa shape index (κ1) is 26.4. The van der Waals surface area contributed by atoms with Crippen molar-refractivity contribution < 1.29 is 26.7 Å². The fourth-order valence-corrected chi connectivity index (χ4v) is 6.40. The van der Waals surface area contributed by atoms with E-state index in [0.717, 1.165) is 17.5 Å². The third-order valence-corrected chi connectivity index (χ3v) is 8.32. The molecule has 4 heterocycles. The molecule has 196 valence electrons. The molecule has 0 saturated carbocycles. The summed E-state index contributed by atoms with van der Waals surface area (Å²) in [6, 6.07) is -0.230. The molecule has 0 spiro atoms. The predicted octanol–water partition coefficient (Wildman–Crippen LogP) is 2.93. The van der Waals surface area contributed by atoms with Gasteiger partial charge in [0, 0.05) is 56.1 Å². The van der Waals surface area contributed by atoms with Crippen LogP contribution in [0.2, 0.25) is 0 Å². The van der Waals surface area contributed by atoms with Gasteiger partial charge >= 0.3 is 6.18 Å². The van der Waals surface area contributed by atoms with Crippen molar-refractivity contribution in [3.63, 3.8) is 0 Å². The Kier molecular flexibility index (Phi) is 7.11. The molecule has 36 heavy (non-hydrogen) atoms. The van der Waals surface area contributed by atoms with Crippen LogP contribution in [0.5, 0.6) is 0 Å². The van der Waals surface area contributed by atoms with E-state index in [4.69, 9.17) is 0 Å². The molecule has 4 rings (SSSR count). The normalized spacial score (nSPS) is 16.4. The Morgan fingerprint density at radius 1 is 1.17 bits per heavy atom. The van der Waals surface area contributed by atoms with E-state index in [1.54, 1.807) is 25.5 Å². The van der Waals surface area contributed by atoms with Gasteiger partial charge in [-0.3, -0.25) is 0 Å². The number of aromatic nitrogens is 5. The maximum absolute atomic E-state index is 13.7. The standard InChI is InChI=1S/C21H26F3N7O3S2/c1-20(2,32)8-14-9-25-18(35-14)17-15(21(22,23)24)10-26-19(29-17)28-13-4-6-31(7-5-13)36(33,34)16-11-30(3)12-27-16/h9-13,32H,4-8H2,1-3H3,(H,26,28,29). The number of anilines is 1. The number of hydrogen-bond acceptors (Lipinski definition) is 9. The molecule has 0 radical (unpaired) electrons. The average molecular weight is 546 g/mol. The molecule has 0 atom stereocenters. The number of alkyl halides is 3. The van der Waals surface area contributed by atoms with E-state index < -0.39 is 27.4 Å². The minimum Gasteiger partial charge on any atom is -0.390 e. The molecule has 10 nitrogen and oxygen atoms in total. The van der Waals surface area contributed by atoms with Gasteiger partial charge < -0.3 is 15.0 Å². The second-order valence-electron chi connectivity index (χ2n) is 9.27. The molecule has 3 aromatic rings. The van der Waals surface area contributed by atoms with Gasteiger partial charge in [-0.2, -0.15) is 17.5 Å². The van der Waals surface area contributed by atoms with Crippen molar-refractivity contribution in [2.24, 2.45) is 7.05 Å². The molecule has 1 saturated heterocycles. The number of imidazole rings is 1. The minimum absolute atomic E-state index is 0.00303. The second-order valence-corrected chi connectivity index (χ2v) is 12.3. The highest BCUT2D eigenvalue weighted by molar-refractivity contribution is 7.89. The lowest BCUT2D eigenvalue weighted by Crippen LogP contribution is -2.42. The van der Waals surface area contributed by atoms with Crippen molar-refractivity contribution in [2.75, 3.05) is 18.4 Å². The first-order valence-electron chi connectivity index (χ1n) is 11.1. The van der Waals surface area contributed by atoms with Gasteiger partial charge in [-0.1, -0.05) is 0 Å². The summed E-state index contributed by atoms with van der Waals surface area (Å²) in [5.74, 6) is 0.00303. The quantitative estimate of drug-likeness (QED) is 0.464. The van der Waals surface area contributed by atoms with E-state index >= 15 is 0 Å². The number of halogens is 3. The lowest BCUT2D eigenvalue weighted by Gasteiger charge is -2.31. The van der Waals surface area contributed by atoms with Gasteiger partial charge in [-0.05, 0) is 26.7 Å². The minimum atomic E-state index is -4.68. The van der Waals surface area contributed by atoms with Gasteiger partial charge in [-0.15, -0.1) is 11.3 Å². The van der Waals surface area contributed by atoms with Crippen molar-refractivity contribution in [2.45, 2.75) is 56.0 Å². The highest BCUT2D eigenvalue weighted by Crippen LogP contribution is 2.38. The van der Waals surface area contributed by atoms with Gasteiger partial charge in [0.05, 0.1) is 11.9 Å². The zero-order valence-electron chi connectivity index (χ0n) is 19.8. The number of aliphatic hydroxyl groups is 1. The molecule has 2 N–H and O–H groups in total. The molecule has 0 amide bonds. The summed E-state index contributed by atoms with van der Waals surface area (Å²) in [7, 11) is -2.04. The zero-order valence-corrected chi connectivity index (χ0v) is 21.5. The summed E-state index contributed by atoms with van der Waals surface area (Å²) < 4.78 is 69.4.